The molecule has 5 atom stereocenters. The Balaban J connectivity index is 1.80. The van der Waals surface area contributed by atoms with Gasteiger partial charge in [0.2, 0.25) is 0 Å². The SMILES string of the molecule is C#CCNC(=O)[C@H]1OC(C)(C)O[C@@H]2[C@H]3OC(C)(C)O[C@H]3O[C@@H]21. The lowest BCUT2D eigenvalue weighted by Gasteiger charge is -2.42. The second-order valence-corrected chi connectivity index (χ2v) is 6.51. The Morgan fingerprint density at radius 1 is 1.05 bits per heavy atom. The summed E-state index contributed by atoms with van der Waals surface area (Å²) < 4.78 is 29.0. The summed E-state index contributed by atoms with van der Waals surface area (Å²) in [5.41, 5.74) is 0. The molecule has 0 aliphatic carbocycles. The van der Waals surface area contributed by atoms with Crippen LogP contribution < -0.4 is 5.32 Å². The number of hydrogen-bond donors (Lipinski definition) is 1. The van der Waals surface area contributed by atoms with E-state index in [-0.39, 0.29) is 12.5 Å². The molecule has 3 saturated heterocycles. The maximum Gasteiger partial charge on any atom is 0.252 e. The van der Waals surface area contributed by atoms with Crippen molar-refractivity contribution in [1.82, 2.24) is 5.32 Å². The fourth-order valence-electron chi connectivity index (χ4n) is 3.05. The Kier molecular flexibility index (Phi) is 3.70. The van der Waals surface area contributed by atoms with E-state index in [1.54, 1.807) is 13.8 Å². The maximum absolute atomic E-state index is 12.3. The van der Waals surface area contributed by atoms with Crippen LogP contribution in [0.5, 0.6) is 0 Å². The van der Waals surface area contributed by atoms with E-state index in [9.17, 15) is 4.79 Å². The number of ether oxygens (including phenoxy) is 5. The molecular formula is C15H21NO6. The summed E-state index contributed by atoms with van der Waals surface area (Å²) >= 11 is 0. The zero-order chi connectivity index (χ0) is 16.1. The highest BCUT2D eigenvalue weighted by atomic mass is 16.9. The summed E-state index contributed by atoms with van der Waals surface area (Å²) in [6.45, 7) is 7.25. The topological polar surface area (TPSA) is 75.3 Å². The molecular weight excluding hydrogens is 290 g/mol. The number of amides is 1. The van der Waals surface area contributed by atoms with Crippen LogP contribution in [0.15, 0.2) is 0 Å². The van der Waals surface area contributed by atoms with E-state index in [2.05, 4.69) is 11.2 Å². The smallest absolute Gasteiger partial charge is 0.252 e. The molecule has 7 nitrogen and oxygen atoms in total. The first kappa shape index (κ1) is 15.7. The normalized spacial score (nSPS) is 41.3. The third-order valence-electron chi connectivity index (χ3n) is 3.78. The van der Waals surface area contributed by atoms with E-state index in [0.29, 0.717) is 0 Å². The molecule has 7 heteroatoms. The summed E-state index contributed by atoms with van der Waals surface area (Å²) in [5, 5.41) is 2.62. The number of fused-ring (bicyclic) bond motifs is 3. The van der Waals surface area contributed by atoms with Crippen molar-refractivity contribution in [3.63, 3.8) is 0 Å². The predicted molar refractivity (Wildman–Crippen MR) is 74.4 cm³/mol. The van der Waals surface area contributed by atoms with Crippen molar-refractivity contribution in [3.8, 4) is 12.3 Å². The maximum atomic E-state index is 12.3. The van der Waals surface area contributed by atoms with Crippen molar-refractivity contribution in [3.05, 3.63) is 0 Å². The minimum Gasteiger partial charge on any atom is -0.343 e. The molecule has 1 amide bonds. The number of carbonyl (C=O) groups is 1. The fourth-order valence-corrected chi connectivity index (χ4v) is 3.05. The zero-order valence-electron chi connectivity index (χ0n) is 13.1. The summed E-state index contributed by atoms with van der Waals surface area (Å²) in [4.78, 5) is 12.3. The van der Waals surface area contributed by atoms with Crippen LogP contribution in [0, 0.1) is 12.3 Å². The average molecular weight is 311 g/mol. The van der Waals surface area contributed by atoms with E-state index in [4.69, 9.17) is 30.1 Å². The lowest BCUT2D eigenvalue weighted by Crippen LogP contribution is -2.60. The van der Waals surface area contributed by atoms with Crippen molar-refractivity contribution in [2.75, 3.05) is 6.54 Å². The Morgan fingerprint density at radius 3 is 2.36 bits per heavy atom. The highest BCUT2D eigenvalue weighted by Gasteiger charge is 2.62. The molecule has 0 aromatic heterocycles. The summed E-state index contributed by atoms with van der Waals surface area (Å²) in [6.07, 6.45) is 2.32. The molecule has 1 N–H and O–H groups in total. The van der Waals surface area contributed by atoms with Gasteiger partial charge < -0.3 is 29.0 Å². The highest BCUT2D eigenvalue weighted by Crippen LogP contribution is 2.44. The van der Waals surface area contributed by atoms with E-state index in [1.807, 2.05) is 13.8 Å². The zero-order valence-corrected chi connectivity index (χ0v) is 13.1. The molecule has 0 unspecified atom stereocenters. The Labute approximate surface area is 129 Å². The quantitative estimate of drug-likeness (QED) is 0.731. The van der Waals surface area contributed by atoms with Crippen LogP contribution in [0.25, 0.3) is 0 Å². The summed E-state index contributed by atoms with van der Waals surface area (Å²) in [6, 6.07) is 0. The molecule has 0 radical (unpaired) electrons. The Morgan fingerprint density at radius 2 is 1.68 bits per heavy atom. The van der Waals surface area contributed by atoms with Gasteiger partial charge in [0.05, 0.1) is 6.54 Å². The first-order chi connectivity index (χ1) is 10.2. The van der Waals surface area contributed by atoms with Gasteiger partial charge >= 0.3 is 0 Å². The van der Waals surface area contributed by atoms with Crippen LogP contribution in [0.3, 0.4) is 0 Å². The van der Waals surface area contributed by atoms with E-state index >= 15 is 0 Å². The Hall–Kier alpha value is -1.17. The van der Waals surface area contributed by atoms with Crippen molar-refractivity contribution in [2.24, 2.45) is 0 Å². The molecule has 3 heterocycles. The molecule has 0 aromatic rings. The minimum atomic E-state index is -0.937. The first-order valence-corrected chi connectivity index (χ1v) is 7.30. The van der Waals surface area contributed by atoms with Crippen LogP contribution >= 0.6 is 0 Å². The highest BCUT2D eigenvalue weighted by molar-refractivity contribution is 5.82. The van der Waals surface area contributed by atoms with E-state index in [0.717, 1.165) is 0 Å². The van der Waals surface area contributed by atoms with Gasteiger partial charge in [-0.2, -0.15) is 0 Å². The molecule has 0 saturated carbocycles. The van der Waals surface area contributed by atoms with Gasteiger partial charge in [0.1, 0.15) is 18.3 Å². The first-order valence-electron chi connectivity index (χ1n) is 7.30. The molecule has 3 aliphatic rings. The van der Waals surface area contributed by atoms with Gasteiger partial charge in [0.25, 0.3) is 5.91 Å². The molecule has 122 valence electrons. The standard InChI is InChI=1S/C15H21NO6/c1-6-7-16-12(17)10-8-9(19-14(2,3)20-10)11-13(18-8)22-15(4,5)21-11/h1,8-11,13H,7H2,2-5H3,(H,16,17)/t8-,9-,10-,11+,13+/m0/s1. The molecule has 3 fully saturated rings. The van der Waals surface area contributed by atoms with Crippen molar-refractivity contribution in [2.45, 2.75) is 70.0 Å². The van der Waals surface area contributed by atoms with Crippen molar-refractivity contribution < 1.29 is 28.5 Å². The van der Waals surface area contributed by atoms with Crippen LogP contribution in [-0.2, 0) is 28.5 Å². The second-order valence-electron chi connectivity index (χ2n) is 6.51. The van der Waals surface area contributed by atoms with Gasteiger partial charge in [-0.1, -0.05) is 5.92 Å². The van der Waals surface area contributed by atoms with Crippen molar-refractivity contribution in [1.29, 1.82) is 0 Å². The molecule has 3 rings (SSSR count). The lowest BCUT2D eigenvalue weighted by atomic mass is 10.0. The average Bonchev–Trinajstić information content (AvgIpc) is 2.87. The third kappa shape index (κ3) is 2.73. The predicted octanol–water partition coefficient (Wildman–Crippen LogP) is 0.132. The number of terminal acetylenes is 1. The molecule has 0 spiro atoms. The number of nitrogens with one attached hydrogen (secondary N) is 1. The Bertz CT molecular complexity index is 511. The number of carbonyl (C=O) groups excluding carboxylic acids is 1. The van der Waals surface area contributed by atoms with E-state index < -0.39 is 42.3 Å². The monoisotopic (exact) mass is 311 g/mol. The minimum absolute atomic E-state index is 0.129. The summed E-state index contributed by atoms with van der Waals surface area (Å²) in [5.74, 6) is 0.350. The van der Waals surface area contributed by atoms with E-state index in [1.165, 1.54) is 0 Å². The van der Waals surface area contributed by atoms with Gasteiger partial charge in [-0.25, -0.2) is 0 Å². The molecule has 0 aromatic carbocycles. The van der Waals surface area contributed by atoms with Gasteiger partial charge in [-0.05, 0) is 27.7 Å². The van der Waals surface area contributed by atoms with Gasteiger partial charge in [0, 0.05) is 0 Å². The van der Waals surface area contributed by atoms with Crippen LogP contribution in [-0.4, -0.2) is 54.7 Å². The van der Waals surface area contributed by atoms with Gasteiger partial charge in [-0.3, -0.25) is 4.79 Å². The van der Waals surface area contributed by atoms with Gasteiger partial charge in [0.15, 0.2) is 24.0 Å². The fraction of sp³-hybridized carbons (Fsp3) is 0.800. The van der Waals surface area contributed by atoms with Gasteiger partial charge in [-0.15, -0.1) is 6.42 Å². The molecule has 3 aliphatic heterocycles. The van der Waals surface area contributed by atoms with Crippen molar-refractivity contribution >= 4 is 5.91 Å². The number of rotatable bonds is 2. The third-order valence-corrected chi connectivity index (χ3v) is 3.78. The van der Waals surface area contributed by atoms with Crippen LogP contribution in [0.2, 0.25) is 0 Å². The lowest BCUT2D eigenvalue weighted by molar-refractivity contribution is -0.336. The van der Waals surface area contributed by atoms with Crippen LogP contribution in [0.4, 0.5) is 0 Å². The largest absolute Gasteiger partial charge is 0.343 e. The number of hydrogen-bond acceptors (Lipinski definition) is 6. The molecule has 0 bridgehead atoms. The van der Waals surface area contributed by atoms with Crippen LogP contribution in [0.1, 0.15) is 27.7 Å². The second kappa shape index (κ2) is 5.18. The summed E-state index contributed by atoms with van der Waals surface area (Å²) in [7, 11) is 0. The molecule has 22 heavy (non-hydrogen) atoms.